The number of anilines is 1. The molecule has 150 valence electrons. The van der Waals surface area contributed by atoms with Crippen molar-refractivity contribution in [3.05, 3.63) is 66.5 Å². The first-order valence-electron chi connectivity index (χ1n) is 9.60. The number of nitrogens with one attached hydrogen (secondary N) is 1. The second-order valence-electron chi connectivity index (χ2n) is 6.86. The van der Waals surface area contributed by atoms with E-state index in [0.717, 1.165) is 35.6 Å². The molecule has 1 aromatic heterocycles. The maximum Gasteiger partial charge on any atom is 0.322 e. The van der Waals surface area contributed by atoms with Gasteiger partial charge in [-0.1, -0.05) is 12.1 Å². The van der Waals surface area contributed by atoms with Crippen LogP contribution in [0.2, 0.25) is 0 Å². The maximum atomic E-state index is 13.2. The Hall–Kier alpha value is -3.48. The quantitative estimate of drug-likeness (QED) is 0.704. The molecule has 1 saturated heterocycles. The van der Waals surface area contributed by atoms with E-state index in [0.29, 0.717) is 12.2 Å². The Balaban J connectivity index is 1.59. The van der Waals surface area contributed by atoms with E-state index in [1.807, 2.05) is 59.6 Å². The normalized spacial score (nSPS) is 15.9. The van der Waals surface area contributed by atoms with Gasteiger partial charge in [0.05, 0.1) is 31.6 Å². The molecule has 1 atom stereocenters. The fourth-order valence-electron chi connectivity index (χ4n) is 3.80. The summed E-state index contributed by atoms with van der Waals surface area (Å²) in [5.41, 5.74) is 2.53. The molecule has 4 rings (SSSR count). The summed E-state index contributed by atoms with van der Waals surface area (Å²) in [6.45, 7) is 0.690. The number of benzene rings is 2. The van der Waals surface area contributed by atoms with Crippen molar-refractivity contribution in [2.45, 2.75) is 18.9 Å². The monoisotopic (exact) mass is 392 g/mol. The molecule has 1 aliphatic rings. The number of rotatable bonds is 5. The molecule has 7 nitrogen and oxygen atoms in total. The van der Waals surface area contributed by atoms with Gasteiger partial charge < -0.3 is 19.7 Å². The number of para-hydroxylation sites is 2. The summed E-state index contributed by atoms with van der Waals surface area (Å²) in [7, 11) is 3.26. The average molecular weight is 392 g/mol. The van der Waals surface area contributed by atoms with Crippen LogP contribution in [0, 0.1) is 0 Å². The number of carbonyl (C=O) groups is 1. The molecule has 1 fully saturated rings. The zero-order chi connectivity index (χ0) is 20.2. The minimum absolute atomic E-state index is 0.0484. The largest absolute Gasteiger partial charge is 0.497 e. The van der Waals surface area contributed by atoms with E-state index in [-0.39, 0.29) is 12.1 Å². The lowest BCUT2D eigenvalue weighted by molar-refractivity contribution is 0.206. The van der Waals surface area contributed by atoms with Crippen molar-refractivity contribution in [2.75, 3.05) is 26.1 Å². The Bertz CT molecular complexity index is 987. The van der Waals surface area contributed by atoms with Crippen LogP contribution in [0.4, 0.5) is 10.5 Å². The van der Waals surface area contributed by atoms with E-state index in [2.05, 4.69) is 10.4 Å². The van der Waals surface area contributed by atoms with Gasteiger partial charge in [-0.3, -0.25) is 0 Å². The van der Waals surface area contributed by atoms with Crippen molar-refractivity contribution in [1.29, 1.82) is 0 Å². The predicted molar refractivity (Wildman–Crippen MR) is 111 cm³/mol. The molecule has 0 bridgehead atoms. The van der Waals surface area contributed by atoms with Crippen molar-refractivity contribution in [3.63, 3.8) is 0 Å². The molecule has 1 aliphatic heterocycles. The number of hydrogen-bond donors (Lipinski definition) is 1. The summed E-state index contributed by atoms with van der Waals surface area (Å²) >= 11 is 0. The number of ether oxygens (including phenoxy) is 2. The van der Waals surface area contributed by atoms with Gasteiger partial charge in [0, 0.05) is 30.6 Å². The second-order valence-corrected chi connectivity index (χ2v) is 6.86. The van der Waals surface area contributed by atoms with E-state index in [9.17, 15) is 4.79 Å². The third-order valence-corrected chi connectivity index (χ3v) is 5.21. The van der Waals surface area contributed by atoms with Gasteiger partial charge in [-0.05, 0) is 43.2 Å². The van der Waals surface area contributed by atoms with Gasteiger partial charge >= 0.3 is 6.03 Å². The number of amides is 2. The number of nitrogens with zero attached hydrogens (tertiary/aromatic N) is 3. The summed E-state index contributed by atoms with van der Waals surface area (Å²) in [6, 6.07) is 15.0. The highest BCUT2D eigenvalue weighted by Gasteiger charge is 2.32. The fourth-order valence-corrected chi connectivity index (χ4v) is 3.80. The molecule has 0 aliphatic carbocycles. The van der Waals surface area contributed by atoms with Crippen LogP contribution in [0.15, 0.2) is 60.9 Å². The lowest BCUT2D eigenvalue weighted by Crippen LogP contribution is -2.34. The third kappa shape index (κ3) is 3.76. The lowest BCUT2D eigenvalue weighted by Gasteiger charge is -2.27. The molecule has 3 aromatic rings. The standard InChI is InChI=1S/C22H24N4O3/c1-28-16-10-11-17(21(15-16)29-2)19-9-5-13-25(19)22(27)24-18-7-3-4-8-20(18)26-14-6-12-23-26/h3-4,6-8,10-12,14-15,19H,5,9,13H2,1-2H3,(H,24,27). The van der Waals surface area contributed by atoms with Crippen LogP contribution in [-0.4, -0.2) is 41.5 Å². The van der Waals surface area contributed by atoms with Crippen LogP contribution in [0.5, 0.6) is 11.5 Å². The molecule has 0 spiro atoms. The Morgan fingerprint density at radius 2 is 2.00 bits per heavy atom. The van der Waals surface area contributed by atoms with Crippen LogP contribution in [0.1, 0.15) is 24.4 Å². The molecule has 1 unspecified atom stereocenters. The summed E-state index contributed by atoms with van der Waals surface area (Å²) < 4.78 is 12.6. The van der Waals surface area contributed by atoms with Crippen LogP contribution < -0.4 is 14.8 Å². The van der Waals surface area contributed by atoms with E-state index in [1.165, 1.54) is 0 Å². The lowest BCUT2D eigenvalue weighted by atomic mass is 10.0. The number of methoxy groups -OCH3 is 2. The highest BCUT2D eigenvalue weighted by molar-refractivity contribution is 5.92. The molecular formula is C22H24N4O3. The molecule has 2 aromatic carbocycles. The van der Waals surface area contributed by atoms with Gasteiger partial charge in [0.15, 0.2) is 0 Å². The smallest absolute Gasteiger partial charge is 0.322 e. The Kier molecular flexibility index (Phi) is 5.37. The van der Waals surface area contributed by atoms with E-state index < -0.39 is 0 Å². The maximum absolute atomic E-state index is 13.2. The molecule has 2 heterocycles. The predicted octanol–water partition coefficient (Wildman–Crippen LogP) is 4.26. The minimum Gasteiger partial charge on any atom is -0.497 e. The zero-order valence-electron chi connectivity index (χ0n) is 16.5. The van der Waals surface area contributed by atoms with Crippen LogP contribution in [0.25, 0.3) is 5.69 Å². The van der Waals surface area contributed by atoms with Gasteiger partial charge in [-0.15, -0.1) is 0 Å². The van der Waals surface area contributed by atoms with Gasteiger partial charge in [-0.25, -0.2) is 9.48 Å². The summed E-state index contributed by atoms with van der Waals surface area (Å²) in [6.07, 6.45) is 5.39. The average Bonchev–Trinajstić information content (AvgIpc) is 3.46. The van der Waals surface area contributed by atoms with Gasteiger partial charge in [0.25, 0.3) is 0 Å². The Labute approximate surface area is 169 Å². The molecule has 0 radical (unpaired) electrons. The number of likely N-dealkylation sites (tertiary alicyclic amines) is 1. The first-order valence-corrected chi connectivity index (χ1v) is 9.60. The highest BCUT2D eigenvalue weighted by Crippen LogP contribution is 2.39. The molecule has 2 amide bonds. The van der Waals surface area contributed by atoms with E-state index in [4.69, 9.17) is 9.47 Å². The Morgan fingerprint density at radius 1 is 1.14 bits per heavy atom. The van der Waals surface area contributed by atoms with E-state index >= 15 is 0 Å². The van der Waals surface area contributed by atoms with Crippen molar-refractivity contribution in [1.82, 2.24) is 14.7 Å². The SMILES string of the molecule is COc1ccc(C2CCCN2C(=O)Nc2ccccc2-n2cccn2)c(OC)c1. The van der Waals surface area contributed by atoms with Crippen LogP contribution >= 0.6 is 0 Å². The molecule has 0 saturated carbocycles. The van der Waals surface area contributed by atoms with Crippen molar-refractivity contribution < 1.29 is 14.3 Å². The highest BCUT2D eigenvalue weighted by atomic mass is 16.5. The third-order valence-electron chi connectivity index (χ3n) is 5.21. The number of aromatic nitrogens is 2. The van der Waals surface area contributed by atoms with Gasteiger partial charge in [0.2, 0.25) is 0 Å². The number of urea groups is 1. The second kappa shape index (κ2) is 8.26. The summed E-state index contributed by atoms with van der Waals surface area (Å²) in [4.78, 5) is 15.0. The van der Waals surface area contributed by atoms with Crippen LogP contribution in [0.3, 0.4) is 0 Å². The van der Waals surface area contributed by atoms with Crippen molar-refractivity contribution in [3.8, 4) is 17.2 Å². The molecule has 7 heteroatoms. The number of hydrogen-bond acceptors (Lipinski definition) is 4. The Morgan fingerprint density at radius 3 is 2.76 bits per heavy atom. The molecular weight excluding hydrogens is 368 g/mol. The van der Waals surface area contributed by atoms with Crippen LogP contribution in [-0.2, 0) is 0 Å². The van der Waals surface area contributed by atoms with E-state index in [1.54, 1.807) is 25.1 Å². The van der Waals surface area contributed by atoms with Crippen molar-refractivity contribution >= 4 is 11.7 Å². The summed E-state index contributed by atoms with van der Waals surface area (Å²) in [5, 5.41) is 7.34. The molecule has 1 N–H and O–H groups in total. The fraction of sp³-hybridized carbons (Fsp3) is 0.273. The molecule has 29 heavy (non-hydrogen) atoms. The first kappa shape index (κ1) is 18.9. The minimum atomic E-state index is -0.134. The van der Waals surface area contributed by atoms with Gasteiger partial charge in [0.1, 0.15) is 11.5 Å². The van der Waals surface area contributed by atoms with Crippen molar-refractivity contribution in [2.24, 2.45) is 0 Å². The summed E-state index contributed by atoms with van der Waals surface area (Å²) in [5.74, 6) is 1.46. The number of carbonyl (C=O) groups excluding carboxylic acids is 1. The first-order chi connectivity index (χ1) is 14.2. The van der Waals surface area contributed by atoms with Gasteiger partial charge in [-0.2, -0.15) is 5.10 Å². The zero-order valence-corrected chi connectivity index (χ0v) is 16.5. The topological polar surface area (TPSA) is 68.6 Å².